The number of allylic oxidation sites excluding steroid dienone is 1. The number of rotatable bonds is 9. The number of para-hydroxylation sites is 1. The molecule has 0 unspecified atom stereocenters. The van der Waals surface area contributed by atoms with Crippen LogP contribution in [0.25, 0.3) is 6.08 Å². The first kappa shape index (κ1) is 31.8. The van der Waals surface area contributed by atoms with Gasteiger partial charge in [0.05, 0.1) is 52.7 Å². The molecule has 2 heterocycles. The van der Waals surface area contributed by atoms with Crippen molar-refractivity contribution in [2.24, 2.45) is 4.99 Å². The predicted molar refractivity (Wildman–Crippen MR) is 175 cm³/mol. The molecule has 12 heteroatoms. The fourth-order valence-electron chi connectivity index (χ4n) is 4.83. The Morgan fingerprint density at radius 2 is 1.77 bits per heavy atom. The van der Waals surface area contributed by atoms with Gasteiger partial charge in [-0.2, -0.15) is 0 Å². The summed E-state index contributed by atoms with van der Waals surface area (Å²) in [5.41, 5.74) is 2.53. The van der Waals surface area contributed by atoms with E-state index in [9.17, 15) is 9.59 Å². The third-order valence-electron chi connectivity index (χ3n) is 6.90. The van der Waals surface area contributed by atoms with Crippen LogP contribution in [-0.4, -0.2) is 31.4 Å². The number of carbonyl (C=O) groups excluding carboxylic acids is 1. The van der Waals surface area contributed by atoms with Crippen LogP contribution in [0.1, 0.15) is 36.6 Å². The molecule has 0 aliphatic carbocycles. The quantitative estimate of drug-likeness (QED) is 0.185. The van der Waals surface area contributed by atoms with Gasteiger partial charge in [-0.15, -0.1) is 0 Å². The predicted octanol–water partition coefficient (Wildman–Crippen LogP) is 6.46. The molecule has 5 rings (SSSR count). The van der Waals surface area contributed by atoms with Gasteiger partial charge in [-0.1, -0.05) is 74.7 Å². The molecule has 3 aromatic carbocycles. The Morgan fingerprint density at radius 3 is 2.48 bits per heavy atom. The summed E-state index contributed by atoms with van der Waals surface area (Å²) in [4.78, 5) is 32.6. The summed E-state index contributed by atoms with van der Waals surface area (Å²) in [6, 6.07) is 15.3. The first-order chi connectivity index (χ1) is 21.2. The van der Waals surface area contributed by atoms with Crippen LogP contribution in [-0.2, 0) is 16.1 Å². The van der Waals surface area contributed by atoms with Crippen molar-refractivity contribution < 1.29 is 23.7 Å². The van der Waals surface area contributed by atoms with E-state index < -0.39 is 12.0 Å². The van der Waals surface area contributed by atoms with Crippen LogP contribution in [0, 0.1) is 0 Å². The fourth-order valence-corrected chi connectivity index (χ4v) is 6.73. The summed E-state index contributed by atoms with van der Waals surface area (Å²) < 4.78 is 25.1. The molecule has 0 saturated carbocycles. The number of aromatic nitrogens is 1. The van der Waals surface area contributed by atoms with Crippen molar-refractivity contribution in [1.29, 1.82) is 0 Å². The average Bonchev–Trinajstić information content (AvgIpc) is 3.31. The van der Waals surface area contributed by atoms with Crippen molar-refractivity contribution >= 4 is 62.5 Å². The zero-order chi connectivity index (χ0) is 31.5. The highest BCUT2D eigenvalue weighted by Gasteiger charge is 2.35. The van der Waals surface area contributed by atoms with Gasteiger partial charge in [0.2, 0.25) is 0 Å². The minimum absolute atomic E-state index is 0.166. The zero-order valence-corrected chi connectivity index (χ0v) is 28.1. The molecular formula is C32H27BrCl2N2O6S. The lowest BCUT2D eigenvalue weighted by Crippen LogP contribution is -2.40. The molecule has 0 amide bonds. The maximum Gasteiger partial charge on any atom is 0.338 e. The number of hydrogen-bond acceptors (Lipinski definition) is 8. The third kappa shape index (κ3) is 6.30. The van der Waals surface area contributed by atoms with Gasteiger partial charge in [0, 0.05) is 10.0 Å². The van der Waals surface area contributed by atoms with Crippen molar-refractivity contribution in [3.8, 4) is 17.2 Å². The molecule has 0 spiro atoms. The van der Waals surface area contributed by atoms with E-state index in [1.807, 2.05) is 30.3 Å². The van der Waals surface area contributed by atoms with Gasteiger partial charge in [-0.25, -0.2) is 9.79 Å². The van der Waals surface area contributed by atoms with E-state index in [-0.39, 0.29) is 24.3 Å². The molecule has 228 valence electrons. The Kier molecular flexibility index (Phi) is 9.84. The highest BCUT2D eigenvalue weighted by atomic mass is 79.9. The highest BCUT2D eigenvalue weighted by molar-refractivity contribution is 9.10. The number of methoxy groups -OCH3 is 2. The molecule has 0 N–H and O–H groups in total. The fraction of sp³-hybridized carbons (Fsp3) is 0.219. The Bertz CT molecular complexity index is 1970. The molecular weight excluding hydrogens is 691 g/mol. The van der Waals surface area contributed by atoms with E-state index in [0.29, 0.717) is 57.9 Å². The van der Waals surface area contributed by atoms with Gasteiger partial charge in [-0.3, -0.25) is 9.36 Å². The standard InChI is InChI=1S/C32H27BrCl2N2O6S/c1-5-42-31(39)28-17(2)36-32-37(29(28)20-14-25(40-3)26(41-4)15-21(20)33)30(38)27(44-32)13-19-8-6-7-9-24(19)43-16-18-10-11-22(34)23(35)12-18/h6-15,29H,5,16H2,1-4H3/b27-13-/t29-/m1/s1. The molecule has 1 aromatic heterocycles. The Balaban J connectivity index is 1.64. The number of benzene rings is 3. The zero-order valence-electron chi connectivity index (χ0n) is 24.2. The van der Waals surface area contributed by atoms with Crippen molar-refractivity contribution in [2.75, 3.05) is 20.8 Å². The summed E-state index contributed by atoms with van der Waals surface area (Å²) in [5, 5.41) is 0.904. The van der Waals surface area contributed by atoms with Crippen LogP contribution in [0.3, 0.4) is 0 Å². The van der Waals surface area contributed by atoms with Crippen LogP contribution in [0.2, 0.25) is 10.0 Å². The maximum absolute atomic E-state index is 14.2. The molecule has 8 nitrogen and oxygen atoms in total. The molecule has 1 aliphatic heterocycles. The Labute approximate surface area is 275 Å². The van der Waals surface area contributed by atoms with Gasteiger partial charge in [0.15, 0.2) is 16.3 Å². The van der Waals surface area contributed by atoms with Gasteiger partial charge in [-0.05, 0) is 61.4 Å². The molecule has 4 aromatic rings. The van der Waals surface area contributed by atoms with Crippen molar-refractivity contribution in [1.82, 2.24) is 4.57 Å². The highest BCUT2D eigenvalue weighted by Crippen LogP contribution is 2.40. The number of ether oxygens (including phenoxy) is 4. The van der Waals surface area contributed by atoms with Crippen LogP contribution in [0.4, 0.5) is 0 Å². The Morgan fingerprint density at radius 1 is 1.05 bits per heavy atom. The lowest BCUT2D eigenvalue weighted by atomic mass is 9.95. The topological polar surface area (TPSA) is 88.4 Å². The summed E-state index contributed by atoms with van der Waals surface area (Å²) in [7, 11) is 3.06. The smallest absolute Gasteiger partial charge is 0.338 e. The van der Waals surface area contributed by atoms with Crippen molar-refractivity contribution in [3.63, 3.8) is 0 Å². The number of fused-ring (bicyclic) bond motifs is 1. The van der Waals surface area contributed by atoms with Gasteiger partial charge < -0.3 is 18.9 Å². The van der Waals surface area contributed by atoms with Crippen LogP contribution in [0.5, 0.6) is 17.2 Å². The number of halogens is 3. The van der Waals surface area contributed by atoms with Crippen molar-refractivity contribution in [2.45, 2.75) is 26.5 Å². The molecule has 1 atom stereocenters. The molecule has 0 saturated heterocycles. The minimum atomic E-state index is -0.845. The lowest BCUT2D eigenvalue weighted by Gasteiger charge is -2.26. The van der Waals surface area contributed by atoms with Crippen LogP contribution < -0.4 is 29.1 Å². The second kappa shape index (κ2) is 13.6. The molecule has 44 heavy (non-hydrogen) atoms. The summed E-state index contributed by atoms with van der Waals surface area (Å²) in [6.45, 7) is 3.87. The third-order valence-corrected chi connectivity index (χ3v) is 9.31. The number of esters is 1. The van der Waals surface area contributed by atoms with Gasteiger partial charge >= 0.3 is 5.97 Å². The number of nitrogens with zero attached hydrogens (tertiary/aromatic N) is 2. The van der Waals surface area contributed by atoms with E-state index in [4.69, 9.17) is 42.1 Å². The van der Waals surface area contributed by atoms with E-state index in [0.717, 1.165) is 5.56 Å². The normalized spacial score (nSPS) is 14.6. The summed E-state index contributed by atoms with van der Waals surface area (Å²) in [6.07, 6.45) is 1.76. The second-order valence-corrected chi connectivity index (χ2v) is 12.3. The molecule has 0 fully saturated rings. The number of hydrogen-bond donors (Lipinski definition) is 0. The van der Waals surface area contributed by atoms with Crippen LogP contribution in [0.15, 0.2) is 80.1 Å². The molecule has 1 aliphatic rings. The van der Waals surface area contributed by atoms with E-state index >= 15 is 0 Å². The minimum Gasteiger partial charge on any atom is -0.493 e. The van der Waals surface area contributed by atoms with Crippen LogP contribution >= 0.6 is 50.5 Å². The van der Waals surface area contributed by atoms with E-state index in [1.165, 1.54) is 30.1 Å². The first-order valence-electron chi connectivity index (χ1n) is 13.4. The van der Waals surface area contributed by atoms with Crippen molar-refractivity contribution in [3.05, 3.63) is 117 Å². The first-order valence-corrected chi connectivity index (χ1v) is 15.8. The SMILES string of the molecule is CCOC(=O)C1=C(C)N=c2s/c(=C\c3ccccc3OCc3ccc(Cl)c(Cl)c3)c(=O)n2[C@@H]1c1cc(OC)c(OC)cc1Br. The van der Waals surface area contributed by atoms with Gasteiger partial charge in [0.25, 0.3) is 5.56 Å². The largest absolute Gasteiger partial charge is 0.493 e. The van der Waals surface area contributed by atoms with E-state index in [2.05, 4.69) is 20.9 Å². The number of thiazole rings is 1. The monoisotopic (exact) mass is 716 g/mol. The molecule has 0 bridgehead atoms. The lowest BCUT2D eigenvalue weighted by molar-refractivity contribution is -0.139. The number of carbonyl (C=O) groups is 1. The molecule has 0 radical (unpaired) electrons. The van der Waals surface area contributed by atoms with E-state index in [1.54, 1.807) is 44.2 Å². The van der Waals surface area contributed by atoms with Gasteiger partial charge in [0.1, 0.15) is 12.4 Å². The summed E-state index contributed by atoms with van der Waals surface area (Å²) in [5.74, 6) is 0.952. The summed E-state index contributed by atoms with van der Waals surface area (Å²) >= 11 is 17.1. The average molecular weight is 718 g/mol. The Hall–Kier alpha value is -3.57. The second-order valence-electron chi connectivity index (χ2n) is 9.61. The maximum atomic E-state index is 14.2.